The van der Waals surface area contributed by atoms with E-state index in [1.165, 1.54) is 0 Å². The molecule has 4 N–H and O–H groups in total. The van der Waals surface area contributed by atoms with Crippen molar-refractivity contribution in [3.05, 3.63) is 23.8 Å². The molecule has 4 nitrogen and oxygen atoms in total. The molecule has 0 spiro atoms. The summed E-state index contributed by atoms with van der Waals surface area (Å²) in [5, 5.41) is 30.2. The maximum atomic E-state index is 9.51. The van der Waals surface area contributed by atoms with Gasteiger partial charge in [0.25, 0.3) is 0 Å². The molecule has 0 fully saturated rings. The van der Waals surface area contributed by atoms with E-state index >= 15 is 0 Å². The zero-order valence-corrected chi connectivity index (χ0v) is 8.77. The van der Waals surface area contributed by atoms with Gasteiger partial charge in [-0.1, -0.05) is 13.0 Å². The van der Waals surface area contributed by atoms with Crippen LogP contribution in [0.2, 0.25) is 0 Å². The van der Waals surface area contributed by atoms with Crippen LogP contribution in [0.5, 0.6) is 5.75 Å². The number of nitrogens with one attached hydrogen (secondary N) is 1. The predicted molar refractivity (Wildman–Crippen MR) is 59.1 cm³/mol. The van der Waals surface area contributed by atoms with Crippen molar-refractivity contribution in [2.75, 3.05) is 18.5 Å². The maximum absolute atomic E-state index is 9.51. The van der Waals surface area contributed by atoms with Crippen molar-refractivity contribution < 1.29 is 15.3 Å². The quantitative estimate of drug-likeness (QED) is 0.541. The Morgan fingerprint density at radius 2 is 2.13 bits per heavy atom. The second-order valence-electron chi connectivity index (χ2n) is 3.42. The van der Waals surface area contributed by atoms with E-state index in [4.69, 9.17) is 10.2 Å². The molecule has 84 valence electrons. The van der Waals surface area contributed by atoms with Crippen LogP contribution < -0.4 is 5.32 Å². The summed E-state index contributed by atoms with van der Waals surface area (Å²) in [6, 6.07) is 5.30. The van der Waals surface area contributed by atoms with Crippen LogP contribution in [0.1, 0.15) is 12.5 Å². The summed E-state index contributed by atoms with van der Waals surface area (Å²) in [7, 11) is 0. The number of anilines is 1. The summed E-state index contributed by atoms with van der Waals surface area (Å²) >= 11 is 0. The number of hydrogen-bond donors (Lipinski definition) is 4. The van der Waals surface area contributed by atoms with Crippen LogP contribution in [0.15, 0.2) is 18.2 Å². The molecule has 0 radical (unpaired) electrons. The van der Waals surface area contributed by atoms with Crippen LogP contribution in [0.25, 0.3) is 0 Å². The van der Waals surface area contributed by atoms with Crippen LogP contribution >= 0.6 is 0 Å². The number of benzene rings is 1. The predicted octanol–water partition coefficient (Wildman–Crippen LogP) is 0.720. The molecule has 4 heteroatoms. The van der Waals surface area contributed by atoms with E-state index in [1.807, 2.05) is 19.1 Å². The first-order chi connectivity index (χ1) is 7.17. The van der Waals surface area contributed by atoms with Crippen LogP contribution in [-0.4, -0.2) is 34.6 Å². The van der Waals surface area contributed by atoms with Crippen molar-refractivity contribution in [1.82, 2.24) is 0 Å². The Balaban J connectivity index is 2.66. The lowest BCUT2D eigenvalue weighted by Gasteiger charge is -2.12. The molecule has 15 heavy (non-hydrogen) atoms. The molecule has 0 saturated heterocycles. The number of rotatable bonds is 5. The van der Waals surface area contributed by atoms with E-state index in [1.54, 1.807) is 6.07 Å². The minimum Gasteiger partial charge on any atom is -0.506 e. The van der Waals surface area contributed by atoms with Crippen molar-refractivity contribution in [3.63, 3.8) is 0 Å². The fraction of sp³-hybridized carbons (Fsp3) is 0.455. The Morgan fingerprint density at radius 3 is 2.73 bits per heavy atom. The van der Waals surface area contributed by atoms with Gasteiger partial charge in [0.2, 0.25) is 0 Å². The van der Waals surface area contributed by atoms with Crippen LogP contribution in [0, 0.1) is 0 Å². The third kappa shape index (κ3) is 3.42. The van der Waals surface area contributed by atoms with Gasteiger partial charge >= 0.3 is 0 Å². The largest absolute Gasteiger partial charge is 0.506 e. The second-order valence-corrected chi connectivity index (χ2v) is 3.42. The van der Waals surface area contributed by atoms with E-state index in [-0.39, 0.29) is 18.9 Å². The Kier molecular flexibility index (Phi) is 4.39. The molecule has 0 aromatic heterocycles. The van der Waals surface area contributed by atoms with Crippen molar-refractivity contribution in [2.24, 2.45) is 0 Å². The van der Waals surface area contributed by atoms with E-state index in [9.17, 15) is 5.11 Å². The molecular formula is C11H17NO3. The van der Waals surface area contributed by atoms with Crippen LogP contribution in [-0.2, 0) is 6.42 Å². The number of phenolic OH excluding ortho intramolecular Hbond substituents is 1. The monoisotopic (exact) mass is 211 g/mol. The molecule has 1 atom stereocenters. The lowest BCUT2D eigenvalue weighted by molar-refractivity contribution is 0.105. The van der Waals surface area contributed by atoms with Gasteiger partial charge in [0.15, 0.2) is 0 Å². The van der Waals surface area contributed by atoms with Crippen LogP contribution in [0.4, 0.5) is 5.69 Å². The van der Waals surface area contributed by atoms with E-state index < -0.39 is 6.10 Å². The highest BCUT2D eigenvalue weighted by molar-refractivity contribution is 5.57. The zero-order chi connectivity index (χ0) is 11.3. The summed E-state index contributed by atoms with van der Waals surface area (Å²) in [5.41, 5.74) is 1.69. The van der Waals surface area contributed by atoms with Gasteiger partial charge in [-0.15, -0.1) is 0 Å². The Bertz CT molecular complexity index is 315. The van der Waals surface area contributed by atoms with Crippen molar-refractivity contribution in [3.8, 4) is 5.75 Å². The molecule has 1 unspecified atom stereocenters. The molecule has 0 aliphatic heterocycles. The molecule has 1 aromatic carbocycles. The Hall–Kier alpha value is -1.26. The second kappa shape index (κ2) is 5.58. The first-order valence-electron chi connectivity index (χ1n) is 5.02. The highest BCUT2D eigenvalue weighted by Gasteiger charge is 2.05. The molecule has 0 amide bonds. The van der Waals surface area contributed by atoms with Gasteiger partial charge in [0.05, 0.1) is 18.4 Å². The summed E-state index contributed by atoms with van der Waals surface area (Å²) in [4.78, 5) is 0. The van der Waals surface area contributed by atoms with E-state index in [0.717, 1.165) is 12.0 Å². The maximum Gasteiger partial charge on any atom is 0.138 e. The lowest BCUT2D eigenvalue weighted by Crippen LogP contribution is -2.22. The third-order valence-electron chi connectivity index (χ3n) is 2.21. The molecular weight excluding hydrogens is 194 g/mol. The number of aliphatic hydroxyl groups is 2. The number of aromatic hydroxyl groups is 1. The highest BCUT2D eigenvalue weighted by Crippen LogP contribution is 2.24. The van der Waals surface area contributed by atoms with Gasteiger partial charge in [-0.3, -0.25) is 0 Å². The fourth-order valence-corrected chi connectivity index (χ4v) is 1.24. The summed E-state index contributed by atoms with van der Waals surface area (Å²) in [6.45, 7) is 1.96. The van der Waals surface area contributed by atoms with Crippen molar-refractivity contribution >= 4 is 5.69 Å². The molecule has 0 heterocycles. The molecule has 0 saturated carbocycles. The average Bonchev–Trinajstić information content (AvgIpc) is 2.27. The molecule has 0 aliphatic rings. The minimum absolute atomic E-state index is 0.150. The molecule has 0 aliphatic carbocycles. The normalized spacial score (nSPS) is 12.5. The van der Waals surface area contributed by atoms with E-state index in [0.29, 0.717) is 5.69 Å². The summed E-state index contributed by atoms with van der Waals surface area (Å²) in [6.07, 6.45) is 0.0759. The van der Waals surface area contributed by atoms with Gasteiger partial charge in [-0.05, 0) is 24.1 Å². The Morgan fingerprint density at radius 1 is 1.40 bits per heavy atom. The van der Waals surface area contributed by atoms with Gasteiger partial charge in [0.1, 0.15) is 5.75 Å². The average molecular weight is 211 g/mol. The van der Waals surface area contributed by atoms with Crippen molar-refractivity contribution in [1.29, 1.82) is 0 Å². The lowest BCUT2D eigenvalue weighted by atomic mass is 10.1. The van der Waals surface area contributed by atoms with Gasteiger partial charge in [0, 0.05) is 6.54 Å². The highest BCUT2D eigenvalue weighted by atomic mass is 16.3. The van der Waals surface area contributed by atoms with Crippen LogP contribution in [0.3, 0.4) is 0 Å². The minimum atomic E-state index is -0.810. The SMILES string of the molecule is CCc1ccc(O)c(NCC(O)CO)c1. The number of hydrogen-bond acceptors (Lipinski definition) is 4. The zero-order valence-electron chi connectivity index (χ0n) is 8.77. The smallest absolute Gasteiger partial charge is 0.138 e. The van der Waals surface area contributed by atoms with E-state index in [2.05, 4.69) is 5.32 Å². The molecule has 1 rings (SSSR count). The van der Waals surface area contributed by atoms with Gasteiger partial charge in [-0.2, -0.15) is 0 Å². The third-order valence-corrected chi connectivity index (χ3v) is 2.21. The standard InChI is InChI=1S/C11H17NO3/c1-2-8-3-4-11(15)10(5-8)12-6-9(14)7-13/h3-5,9,12-15H,2,6-7H2,1H3. The topological polar surface area (TPSA) is 72.7 Å². The van der Waals surface area contributed by atoms with Crippen molar-refractivity contribution in [2.45, 2.75) is 19.4 Å². The Labute approximate surface area is 89.2 Å². The van der Waals surface area contributed by atoms with Gasteiger partial charge < -0.3 is 20.6 Å². The summed E-state index contributed by atoms with van der Waals surface area (Å²) in [5.74, 6) is 0.150. The first kappa shape index (κ1) is 11.8. The number of aryl methyl sites for hydroxylation is 1. The summed E-state index contributed by atoms with van der Waals surface area (Å²) < 4.78 is 0. The number of aliphatic hydroxyl groups excluding tert-OH is 2. The number of phenols is 1. The first-order valence-corrected chi connectivity index (χ1v) is 5.02. The molecule has 0 bridgehead atoms. The molecule has 1 aromatic rings. The van der Waals surface area contributed by atoms with Gasteiger partial charge in [-0.25, -0.2) is 0 Å². The fourth-order valence-electron chi connectivity index (χ4n) is 1.24.